The number of aromatic nitrogens is 1. The summed E-state index contributed by atoms with van der Waals surface area (Å²) in [6.45, 7) is 15.0. The van der Waals surface area contributed by atoms with E-state index in [-0.39, 0.29) is 93.2 Å². The lowest BCUT2D eigenvalue weighted by Crippen LogP contribution is -2.58. The maximum atomic E-state index is 14.7. The molecule has 5 N–H and O–H groups in total. The number of amides is 5. The lowest BCUT2D eigenvalue weighted by Gasteiger charge is -2.40. The number of nitrogens with zero attached hydrogens (tertiary/aromatic N) is 6. The van der Waals surface area contributed by atoms with Gasteiger partial charge in [-0.25, -0.2) is 15.2 Å². The molecule has 0 saturated carbocycles. The number of phenols is 1. The summed E-state index contributed by atoms with van der Waals surface area (Å²) in [6.07, 6.45) is 4.52. The smallest absolute Gasteiger partial charge is 0.426 e. The Bertz CT molecular complexity index is 1980. The summed E-state index contributed by atoms with van der Waals surface area (Å²) >= 11 is 1.31. The maximum Gasteiger partial charge on any atom is 0.426 e. The number of likely N-dealkylation sites (N-methyl/N-ethyl adjacent to an activating group) is 1. The topological polar surface area (TPSA) is 259 Å². The molecule has 1 aliphatic heterocycles. The minimum atomic E-state index is -0.906. The Morgan fingerprint density at radius 1 is 1.00 bits per heavy atom. The quantitative estimate of drug-likeness (QED) is 0.0230. The number of azide groups is 1. The highest BCUT2D eigenvalue weighted by atomic mass is 32.1. The predicted octanol–water partition coefficient (Wildman–Crippen LogP) is 5.91. The van der Waals surface area contributed by atoms with Crippen molar-refractivity contribution in [1.29, 1.82) is 0 Å². The first-order chi connectivity index (χ1) is 32.7. The van der Waals surface area contributed by atoms with Gasteiger partial charge >= 0.3 is 6.09 Å². The van der Waals surface area contributed by atoms with Crippen molar-refractivity contribution in [3.63, 3.8) is 0 Å². The van der Waals surface area contributed by atoms with Crippen LogP contribution in [0.3, 0.4) is 0 Å². The van der Waals surface area contributed by atoms with E-state index in [0.29, 0.717) is 43.0 Å². The number of phenolic OH excluding ortho intramolecular Hbond substituents is 1. The van der Waals surface area contributed by atoms with E-state index in [4.69, 9.17) is 29.5 Å². The number of nitrogens with one attached hydrogen (secondary N) is 4. The molecule has 378 valence electrons. The fourth-order valence-electron chi connectivity index (χ4n) is 8.59. The van der Waals surface area contributed by atoms with E-state index < -0.39 is 42.0 Å². The number of hydrogen-bond donors (Lipinski definition) is 5. The van der Waals surface area contributed by atoms with Crippen LogP contribution in [-0.2, 0) is 39.8 Å². The van der Waals surface area contributed by atoms with Crippen molar-refractivity contribution in [1.82, 2.24) is 36.3 Å². The number of carbonyl (C=O) groups excluding carboxylic acids is 5. The van der Waals surface area contributed by atoms with Gasteiger partial charge in [-0.05, 0) is 92.7 Å². The van der Waals surface area contributed by atoms with Crippen molar-refractivity contribution >= 4 is 41.1 Å². The van der Waals surface area contributed by atoms with Gasteiger partial charge in [0.1, 0.15) is 35.2 Å². The molecule has 1 saturated heterocycles. The van der Waals surface area contributed by atoms with Crippen molar-refractivity contribution in [3.8, 4) is 5.75 Å². The van der Waals surface area contributed by atoms with Crippen LogP contribution in [0.2, 0.25) is 0 Å². The van der Waals surface area contributed by atoms with E-state index in [9.17, 15) is 29.1 Å². The molecule has 5 amide bonds. The largest absolute Gasteiger partial charge is 0.508 e. The normalized spacial score (nSPS) is 18.8. The van der Waals surface area contributed by atoms with E-state index >= 15 is 0 Å². The van der Waals surface area contributed by atoms with E-state index in [0.717, 1.165) is 44.2 Å². The number of thiazole rings is 1. The number of benzene rings is 1. The summed E-state index contributed by atoms with van der Waals surface area (Å²) in [5, 5.41) is 22.2. The highest BCUT2D eigenvalue weighted by molar-refractivity contribution is 7.09. The molecule has 1 aromatic heterocycles. The Labute approximate surface area is 404 Å². The summed E-state index contributed by atoms with van der Waals surface area (Å²) in [4.78, 5) is 79.7. The minimum absolute atomic E-state index is 0.0285. The second kappa shape index (κ2) is 29.1. The van der Waals surface area contributed by atoms with Crippen LogP contribution in [0.5, 0.6) is 5.75 Å². The fourth-order valence-corrected chi connectivity index (χ4v) is 9.45. The van der Waals surface area contributed by atoms with Crippen molar-refractivity contribution < 1.29 is 48.0 Å². The zero-order valence-electron chi connectivity index (χ0n) is 40.9. The lowest BCUT2D eigenvalue weighted by atomic mass is 9.79. The summed E-state index contributed by atoms with van der Waals surface area (Å²) in [6, 6.07) is 3.01. The number of likely N-dealkylation sites (tertiary alicyclic amines) is 1. The second-order valence-corrected chi connectivity index (χ2v) is 18.7. The molecular weight excluding hydrogens is 897 g/mol. The SMILES string of the molecule is CCCO[C@H](C[C@H](C(C)C)N(CCC)C(=O)[C@@H](NC(=O)[C@H]1CCCCN1C)[C@@H](C)CC)c1nc(C(=O)N[C@H]2Cc3ccc(O)cc3[C@H](C(=O)NNC(=O)OCCOCCOCCN=[N+]=[N-])C2)cs1. The zero-order chi connectivity index (χ0) is 49.6. The van der Waals surface area contributed by atoms with Gasteiger partial charge in [0.05, 0.1) is 38.4 Å². The van der Waals surface area contributed by atoms with E-state index in [1.807, 2.05) is 39.6 Å². The first kappa shape index (κ1) is 55.5. The van der Waals surface area contributed by atoms with Crippen LogP contribution >= 0.6 is 11.3 Å². The first-order valence-electron chi connectivity index (χ1n) is 24.1. The number of rotatable bonds is 27. The van der Waals surface area contributed by atoms with Crippen molar-refractivity contribution in [2.75, 3.05) is 66.3 Å². The van der Waals surface area contributed by atoms with Crippen molar-refractivity contribution in [3.05, 3.63) is 55.9 Å². The summed E-state index contributed by atoms with van der Waals surface area (Å²) in [7, 11) is 1.97. The number of piperidine rings is 1. The van der Waals surface area contributed by atoms with E-state index in [1.54, 1.807) is 11.4 Å². The number of fused-ring (bicyclic) bond motifs is 1. The van der Waals surface area contributed by atoms with Gasteiger partial charge in [0.15, 0.2) is 0 Å². The molecule has 0 spiro atoms. The molecule has 2 aromatic rings. The monoisotopic (exact) mass is 971 g/mol. The Balaban J connectivity index is 1.42. The highest BCUT2D eigenvalue weighted by Crippen LogP contribution is 2.35. The van der Waals surface area contributed by atoms with Gasteiger partial charge in [-0.3, -0.25) is 29.5 Å². The van der Waals surface area contributed by atoms with Crippen LogP contribution in [0.15, 0.2) is 28.7 Å². The molecule has 68 heavy (non-hydrogen) atoms. The van der Waals surface area contributed by atoms with Gasteiger partial charge in [0.2, 0.25) is 17.7 Å². The maximum absolute atomic E-state index is 14.7. The summed E-state index contributed by atoms with van der Waals surface area (Å²) in [5.41, 5.74) is 14.4. The number of ether oxygens (including phenoxy) is 4. The molecule has 21 heteroatoms. The van der Waals surface area contributed by atoms with Gasteiger partial charge in [-0.15, -0.1) is 11.3 Å². The molecule has 7 atom stereocenters. The zero-order valence-corrected chi connectivity index (χ0v) is 41.7. The van der Waals surface area contributed by atoms with Gasteiger partial charge < -0.3 is 39.6 Å². The molecule has 1 fully saturated rings. The van der Waals surface area contributed by atoms with Crippen molar-refractivity contribution in [2.24, 2.45) is 17.0 Å². The molecule has 4 rings (SSSR count). The number of carbonyl (C=O) groups is 5. The lowest BCUT2D eigenvalue weighted by molar-refractivity contribution is -0.143. The fraction of sp³-hybridized carbons (Fsp3) is 0.702. The average molecular weight is 971 g/mol. The van der Waals surface area contributed by atoms with E-state index in [1.165, 1.54) is 23.5 Å². The Morgan fingerprint density at radius 3 is 2.44 bits per heavy atom. The molecule has 0 bridgehead atoms. The molecule has 20 nitrogen and oxygen atoms in total. The Kier molecular flexibility index (Phi) is 23.8. The summed E-state index contributed by atoms with van der Waals surface area (Å²) < 4.78 is 22.1. The van der Waals surface area contributed by atoms with Gasteiger partial charge in [0, 0.05) is 48.5 Å². The van der Waals surface area contributed by atoms with Crippen LogP contribution in [-0.4, -0.2) is 140 Å². The molecule has 2 aliphatic rings. The number of hydrogen-bond acceptors (Lipinski definition) is 14. The minimum Gasteiger partial charge on any atom is -0.508 e. The van der Waals surface area contributed by atoms with Gasteiger partial charge in [-0.1, -0.05) is 65.6 Å². The molecular formula is C47H74N10O10S. The van der Waals surface area contributed by atoms with Crippen LogP contribution in [0, 0.1) is 11.8 Å². The molecule has 1 aliphatic carbocycles. The standard InChI is InChI=1S/C47H74N10O10S/c1-8-17-57(46(62)41(31(6)10-3)52-44(61)38-13-11-12-18-56(38)7)39(30(4)5)28-40(66-19-9-2)45-51-37(29-68-45)43(60)50-33-25-32-14-15-34(58)27-35(32)36(26-33)42(59)53-54-47(63)67-24-23-65-22-21-64-20-16-49-55-48/h14-15,27,29-31,33,36,38-41,58H,8-13,16-26,28H2,1-7H3,(H,50,60)(H,52,61)(H,53,59)(H,54,63)/t31-,33-,36+,38+,39+,40+,41-/m0/s1. The highest BCUT2D eigenvalue weighted by Gasteiger charge is 2.39. The van der Waals surface area contributed by atoms with Crippen LogP contribution < -0.4 is 21.5 Å². The first-order valence-corrected chi connectivity index (χ1v) is 25.0. The third-order valence-electron chi connectivity index (χ3n) is 12.4. The Hall–Kier alpha value is -5.05. The van der Waals surface area contributed by atoms with Gasteiger partial charge in [0.25, 0.3) is 5.91 Å². The molecule has 1 aromatic carbocycles. The molecule has 0 radical (unpaired) electrons. The second-order valence-electron chi connectivity index (χ2n) is 17.8. The van der Waals surface area contributed by atoms with Crippen LogP contribution in [0.4, 0.5) is 4.79 Å². The average Bonchev–Trinajstić information content (AvgIpc) is 3.82. The molecule has 2 heterocycles. The number of hydrazine groups is 1. The van der Waals surface area contributed by atoms with Crippen LogP contribution in [0.1, 0.15) is 132 Å². The summed E-state index contributed by atoms with van der Waals surface area (Å²) in [5.74, 6) is -2.15. The van der Waals surface area contributed by atoms with Crippen molar-refractivity contribution in [2.45, 2.75) is 136 Å². The van der Waals surface area contributed by atoms with Crippen LogP contribution in [0.25, 0.3) is 10.4 Å². The third kappa shape index (κ3) is 16.9. The Morgan fingerprint density at radius 2 is 1.75 bits per heavy atom. The predicted molar refractivity (Wildman–Crippen MR) is 257 cm³/mol. The third-order valence-corrected chi connectivity index (χ3v) is 13.4. The number of aromatic hydroxyl groups is 1. The van der Waals surface area contributed by atoms with Gasteiger partial charge in [-0.2, -0.15) is 0 Å². The molecule has 0 unspecified atom stereocenters. The van der Waals surface area contributed by atoms with E-state index in [2.05, 4.69) is 50.3 Å².